The van der Waals surface area contributed by atoms with E-state index < -0.39 is 0 Å². The number of rotatable bonds is 0. The summed E-state index contributed by atoms with van der Waals surface area (Å²) in [4.78, 5) is 0. The zero-order valence-corrected chi connectivity index (χ0v) is 12.5. The van der Waals surface area contributed by atoms with Crippen LogP contribution in [0.25, 0.3) is 11.1 Å². The van der Waals surface area contributed by atoms with Gasteiger partial charge in [-0.2, -0.15) is 0 Å². The van der Waals surface area contributed by atoms with Crippen LogP contribution in [0.2, 0.25) is 0 Å². The smallest absolute Gasteiger partial charge is 1.00 e. The fraction of sp³-hybridized carbons (Fsp3) is 0.0769. The molecule has 1 aliphatic rings. The average Bonchev–Trinajstić information content (AvgIpc) is 2.56. The summed E-state index contributed by atoms with van der Waals surface area (Å²) < 4.78 is 0. The van der Waals surface area contributed by atoms with E-state index in [1.165, 1.54) is 22.3 Å². The van der Waals surface area contributed by atoms with Gasteiger partial charge in [-0.1, -0.05) is 35.4 Å². The number of benzene rings is 2. The van der Waals surface area contributed by atoms with E-state index in [0.717, 1.165) is 6.42 Å². The van der Waals surface area contributed by atoms with Crippen LogP contribution in [0.3, 0.4) is 0 Å². The summed E-state index contributed by atoms with van der Waals surface area (Å²) in [6, 6.07) is 18.1. The van der Waals surface area contributed by atoms with Crippen LogP contribution in [0.1, 0.15) is 11.1 Å². The van der Waals surface area contributed by atoms with E-state index in [1.54, 1.807) is 0 Å². The predicted octanol–water partition coefficient (Wildman–Crippen LogP) is -2.94. The van der Waals surface area contributed by atoms with Crippen molar-refractivity contribution in [2.45, 2.75) is 6.42 Å². The molecular formula is C13H9Cl2Zr. The quantitative estimate of drug-likeness (QED) is 0.388. The summed E-state index contributed by atoms with van der Waals surface area (Å²) >= 11 is 0. The van der Waals surface area contributed by atoms with E-state index in [0.29, 0.717) is 0 Å². The molecule has 3 rings (SSSR count). The van der Waals surface area contributed by atoms with Crippen molar-refractivity contribution in [1.29, 1.82) is 0 Å². The fourth-order valence-electron chi connectivity index (χ4n) is 1.99. The topological polar surface area (TPSA) is 0 Å². The summed E-state index contributed by atoms with van der Waals surface area (Å²) in [6.45, 7) is 0. The molecule has 0 saturated carbocycles. The third kappa shape index (κ3) is 2.59. The van der Waals surface area contributed by atoms with Crippen LogP contribution in [0.5, 0.6) is 0 Å². The van der Waals surface area contributed by atoms with Crippen LogP contribution in [-0.4, -0.2) is 0 Å². The Bertz CT molecular complexity index is 425. The normalized spacial score (nSPS) is 10.0. The van der Waals surface area contributed by atoms with Gasteiger partial charge in [-0.15, -0.1) is 35.4 Å². The second-order valence-corrected chi connectivity index (χ2v) is 3.40. The maximum atomic E-state index is 3.31. The van der Waals surface area contributed by atoms with Gasteiger partial charge in [-0.25, -0.2) is 0 Å². The van der Waals surface area contributed by atoms with Gasteiger partial charge in [0.15, 0.2) is 0 Å². The Morgan fingerprint density at radius 1 is 0.875 bits per heavy atom. The molecule has 0 unspecified atom stereocenters. The molecule has 0 fully saturated rings. The molecule has 0 heterocycles. The first-order valence-corrected chi connectivity index (χ1v) is 4.53. The van der Waals surface area contributed by atoms with Gasteiger partial charge in [0.25, 0.3) is 0 Å². The molecule has 0 aromatic heterocycles. The SMILES string of the molecule is [Cl-].[Cl-].[Zr+3].[c-]1cccc2c1-c1ccccc1C2. The molecule has 3 heteroatoms. The van der Waals surface area contributed by atoms with Crippen LogP contribution in [0, 0.1) is 6.07 Å². The number of hydrogen-bond acceptors (Lipinski definition) is 0. The molecule has 0 saturated heterocycles. The van der Waals surface area contributed by atoms with Gasteiger partial charge < -0.3 is 24.8 Å². The summed E-state index contributed by atoms with van der Waals surface area (Å²) in [6.07, 6.45) is 1.07. The molecule has 0 aliphatic heterocycles. The van der Waals surface area contributed by atoms with Crippen molar-refractivity contribution >= 4 is 0 Å². The number of halogens is 2. The standard InChI is InChI=1S/C13H9.2ClH.Zr/c1-3-7-12-10(5-1)9-11-6-2-4-8-13(11)12;;;/h1-7H,9H2;2*1H;/q-1;;;+3/p-2. The van der Waals surface area contributed by atoms with Gasteiger partial charge in [0, 0.05) is 0 Å². The third-order valence-electron chi connectivity index (χ3n) is 2.61. The zero-order valence-electron chi connectivity index (χ0n) is 8.50. The monoisotopic (exact) mass is 325 g/mol. The summed E-state index contributed by atoms with van der Waals surface area (Å²) in [5.41, 5.74) is 5.49. The van der Waals surface area contributed by atoms with Gasteiger partial charge in [0.05, 0.1) is 0 Å². The second-order valence-electron chi connectivity index (χ2n) is 3.40. The molecular weight excluding hydrogens is 318 g/mol. The Morgan fingerprint density at radius 2 is 1.56 bits per heavy atom. The molecule has 2 aromatic rings. The van der Waals surface area contributed by atoms with Crippen molar-refractivity contribution < 1.29 is 51.0 Å². The van der Waals surface area contributed by atoms with Gasteiger partial charge in [0.2, 0.25) is 0 Å². The summed E-state index contributed by atoms with van der Waals surface area (Å²) in [7, 11) is 0. The van der Waals surface area contributed by atoms with E-state index in [1.807, 2.05) is 6.07 Å². The van der Waals surface area contributed by atoms with Crippen molar-refractivity contribution in [2.75, 3.05) is 0 Å². The van der Waals surface area contributed by atoms with Gasteiger partial charge in [0.1, 0.15) is 0 Å². The summed E-state index contributed by atoms with van der Waals surface area (Å²) in [5, 5.41) is 0. The van der Waals surface area contributed by atoms with E-state index in [-0.39, 0.29) is 51.0 Å². The largest absolute Gasteiger partial charge is 3.00 e. The molecule has 0 N–H and O–H groups in total. The minimum absolute atomic E-state index is 0. The van der Waals surface area contributed by atoms with E-state index >= 15 is 0 Å². The van der Waals surface area contributed by atoms with Crippen molar-refractivity contribution in [2.24, 2.45) is 0 Å². The molecule has 0 atom stereocenters. The molecule has 0 amide bonds. The zero-order chi connectivity index (χ0) is 8.67. The Hall–Kier alpha value is -0.0969. The second kappa shape index (κ2) is 6.59. The van der Waals surface area contributed by atoms with Crippen molar-refractivity contribution in [3.05, 3.63) is 59.7 Å². The van der Waals surface area contributed by atoms with Crippen LogP contribution >= 0.6 is 0 Å². The maximum Gasteiger partial charge on any atom is 3.00 e. The Kier molecular flexibility index (Phi) is 6.55. The molecule has 0 bridgehead atoms. The van der Waals surface area contributed by atoms with E-state index in [9.17, 15) is 0 Å². The Balaban J connectivity index is 0.000000750. The van der Waals surface area contributed by atoms with Crippen LogP contribution in [-0.2, 0) is 32.6 Å². The number of fused-ring (bicyclic) bond motifs is 3. The molecule has 16 heavy (non-hydrogen) atoms. The van der Waals surface area contributed by atoms with Crippen molar-refractivity contribution in [3.8, 4) is 11.1 Å². The first kappa shape index (κ1) is 15.9. The minimum atomic E-state index is 0. The first-order chi connectivity index (χ1) is 6.45. The Labute approximate surface area is 127 Å². The van der Waals surface area contributed by atoms with Crippen molar-refractivity contribution in [3.63, 3.8) is 0 Å². The van der Waals surface area contributed by atoms with Crippen LogP contribution in [0.4, 0.5) is 0 Å². The third-order valence-corrected chi connectivity index (χ3v) is 2.61. The minimum Gasteiger partial charge on any atom is -1.00 e. The van der Waals surface area contributed by atoms with Gasteiger partial charge in [-0.05, 0) is 6.42 Å². The Morgan fingerprint density at radius 3 is 2.38 bits per heavy atom. The fourth-order valence-corrected chi connectivity index (χ4v) is 1.99. The van der Waals surface area contributed by atoms with Crippen LogP contribution in [0.15, 0.2) is 42.5 Å². The van der Waals surface area contributed by atoms with Crippen molar-refractivity contribution in [1.82, 2.24) is 0 Å². The molecule has 2 aromatic carbocycles. The molecule has 79 valence electrons. The molecule has 0 nitrogen and oxygen atoms in total. The van der Waals surface area contributed by atoms with Crippen LogP contribution < -0.4 is 24.8 Å². The molecule has 1 radical (unpaired) electrons. The molecule has 0 spiro atoms. The average molecular weight is 327 g/mol. The maximum absolute atomic E-state index is 3.31. The summed E-state index contributed by atoms with van der Waals surface area (Å²) in [5.74, 6) is 0. The van der Waals surface area contributed by atoms with E-state index in [4.69, 9.17) is 0 Å². The van der Waals surface area contributed by atoms with Gasteiger partial charge >= 0.3 is 26.2 Å². The van der Waals surface area contributed by atoms with E-state index in [2.05, 4.69) is 42.5 Å². The molecule has 1 aliphatic carbocycles. The van der Waals surface area contributed by atoms with Gasteiger partial charge in [-0.3, -0.25) is 0 Å². The predicted molar refractivity (Wildman–Crippen MR) is 53.5 cm³/mol. The number of hydrogen-bond donors (Lipinski definition) is 0. The first-order valence-electron chi connectivity index (χ1n) is 4.53.